The third-order valence-corrected chi connectivity index (χ3v) is 3.29. The van der Waals surface area contributed by atoms with Gasteiger partial charge in [-0.15, -0.1) is 10.2 Å². The van der Waals surface area contributed by atoms with Gasteiger partial charge in [0.15, 0.2) is 12.4 Å². The van der Waals surface area contributed by atoms with Crippen molar-refractivity contribution in [3.8, 4) is 5.75 Å². The van der Waals surface area contributed by atoms with Crippen LogP contribution in [0.5, 0.6) is 5.75 Å². The molecule has 1 aromatic carbocycles. The summed E-state index contributed by atoms with van der Waals surface area (Å²) in [5.74, 6) is 1.18. The van der Waals surface area contributed by atoms with E-state index in [1.54, 1.807) is 18.5 Å². The normalized spacial score (nSPS) is 14.9. The molecule has 0 bridgehead atoms. The molecule has 2 aromatic rings. The summed E-state index contributed by atoms with van der Waals surface area (Å²) in [6, 6.07) is 3.37. The van der Waals surface area contributed by atoms with Crippen LogP contribution in [0.15, 0.2) is 18.5 Å². The molecular weight excluding hydrogens is 272 g/mol. The van der Waals surface area contributed by atoms with Crippen molar-refractivity contribution in [1.29, 1.82) is 0 Å². The van der Waals surface area contributed by atoms with Gasteiger partial charge in [-0.3, -0.25) is 4.79 Å². The third kappa shape index (κ3) is 2.47. The Morgan fingerprint density at radius 2 is 2.33 bits per heavy atom. The molecule has 8 nitrogen and oxygen atoms in total. The second-order valence-corrected chi connectivity index (χ2v) is 4.94. The van der Waals surface area contributed by atoms with Crippen LogP contribution in [0.2, 0.25) is 0 Å². The van der Waals surface area contributed by atoms with Gasteiger partial charge in [-0.25, -0.2) is 0 Å². The lowest BCUT2D eigenvalue weighted by atomic mass is 10.2. The summed E-state index contributed by atoms with van der Waals surface area (Å²) in [5.41, 5.74) is 7.87. The quantitative estimate of drug-likeness (QED) is 0.724. The van der Waals surface area contributed by atoms with Crippen molar-refractivity contribution in [2.45, 2.75) is 13.0 Å². The van der Waals surface area contributed by atoms with E-state index in [1.165, 1.54) is 0 Å². The average Bonchev–Trinajstić information content (AvgIpc) is 2.86. The van der Waals surface area contributed by atoms with E-state index in [-0.39, 0.29) is 18.6 Å². The predicted molar refractivity (Wildman–Crippen MR) is 78.0 cm³/mol. The number of aromatic nitrogens is 3. The Morgan fingerprint density at radius 3 is 3.05 bits per heavy atom. The Kier molecular flexibility index (Phi) is 3.13. The molecule has 1 unspecified atom stereocenters. The van der Waals surface area contributed by atoms with E-state index in [4.69, 9.17) is 10.5 Å². The number of hydrogen-bond acceptors (Lipinski definition) is 6. The lowest BCUT2D eigenvalue weighted by molar-refractivity contribution is -0.118. The predicted octanol–water partition coefficient (Wildman–Crippen LogP) is 0.901. The van der Waals surface area contributed by atoms with Gasteiger partial charge in [0.05, 0.1) is 23.1 Å². The smallest absolute Gasteiger partial charge is 0.262 e. The van der Waals surface area contributed by atoms with E-state index in [9.17, 15) is 4.79 Å². The summed E-state index contributed by atoms with van der Waals surface area (Å²) < 4.78 is 7.15. The number of fused-ring (bicyclic) bond motifs is 1. The summed E-state index contributed by atoms with van der Waals surface area (Å²) >= 11 is 0. The Balaban J connectivity index is 1.87. The highest BCUT2D eigenvalue weighted by molar-refractivity contribution is 5.97. The second-order valence-electron chi connectivity index (χ2n) is 4.94. The lowest BCUT2D eigenvalue weighted by Crippen LogP contribution is -2.25. The van der Waals surface area contributed by atoms with Crippen LogP contribution in [0.4, 0.5) is 17.1 Å². The standard InChI is InChI=1S/C13H16N6O2/c1-7(13-18-15-6-19(13)2)16-9-4-10-11(3-8(9)14)21-5-12(20)17-10/h3-4,6-7,16H,5,14H2,1-2H3,(H,17,20). The molecule has 0 saturated carbocycles. The van der Waals surface area contributed by atoms with Gasteiger partial charge >= 0.3 is 0 Å². The summed E-state index contributed by atoms with van der Waals surface area (Å²) in [7, 11) is 1.87. The fourth-order valence-electron chi connectivity index (χ4n) is 2.25. The topological polar surface area (TPSA) is 107 Å². The highest BCUT2D eigenvalue weighted by atomic mass is 16.5. The molecule has 4 N–H and O–H groups in total. The number of amides is 1. The summed E-state index contributed by atoms with van der Waals surface area (Å²) in [6.07, 6.45) is 1.64. The molecule has 8 heteroatoms. The van der Waals surface area contributed by atoms with Gasteiger partial charge in [-0.05, 0) is 13.0 Å². The molecule has 110 valence electrons. The zero-order chi connectivity index (χ0) is 15.0. The monoisotopic (exact) mass is 288 g/mol. The summed E-state index contributed by atoms with van der Waals surface area (Å²) in [4.78, 5) is 11.4. The number of nitrogen functional groups attached to an aromatic ring is 1. The van der Waals surface area contributed by atoms with Crippen LogP contribution in [-0.2, 0) is 11.8 Å². The van der Waals surface area contributed by atoms with Gasteiger partial charge in [0.25, 0.3) is 5.91 Å². The molecule has 1 aliphatic heterocycles. The maximum Gasteiger partial charge on any atom is 0.262 e. The molecule has 1 amide bonds. The van der Waals surface area contributed by atoms with Crippen LogP contribution in [0.25, 0.3) is 0 Å². The van der Waals surface area contributed by atoms with Gasteiger partial charge < -0.3 is 25.7 Å². The van der Waals surface area contributed by atoms with E-state index in [0.29, 0.717) is 22.8 Å². The van der Waals surface area contributed by atoms with Gasteiger partial charge in [-0.2, -0.15) is 0 Å². The molecule has 0 aliphatic carbocycles. The first-order valence-corrected chi connectivity index (χ1v) is 6.51. The SMILES string of the molecule is CC(Nc1cc2c(cc1N)OCC(=O)N2)c1nncn1C. The van der Waals surface area contributed by atoms with Crippen LogP contribution in [-0.4, -0.2) is 27.3 Å². The highest BCUT2D eigenvalue weighted by Gasteiger charge is 2.19. The maximum absolute atomic E-state index is 11.4. The number of nitrogens with two attached hydrogens (primary N) is 1. The minimum absolute atomic E-state index is 0.00849. The molecule has 0 fully saturated rings. The number of hydrogen-bond donors (Lipinski definition) is 3. The first kappa shape index (κ1) is 13.2. The van der Waals surface area contributed by atoms with Crippen LogP contribution < -0.4 is 21.1 Å². The number of nitrogens with zero attached hydrogens (tertiary/aromatic N) is 3. The molecule has 3 rings (SSSR count). The zero-order valence-corrected chi connectivity index (χ0v) is 11.8. The number of anilines is 3. The molecule has 1 aromatic heterocycles. The molecule has 21 heavy (non-hydrogen) atoms. The summed E-state index contributed by atoms with van der Waals surface area (Å²) in [5, 5.41) is 13.9. The van der Waals surface area contributed by atoms with Gasteiger partial charge in [-0.1, -0.05) is 0 Å². The van der Waals surface area contributed by atoms with Crippen molar-refractivity contribution in [3.05, 3.63) is 24.3 Å². The molecule has 0 spiro atoms. The second kappa shape index (κ2) is 4.97. The Hall–Kier alpha value is -2.77. The van der Waals surface area contributed by atoms with Crippen molar-refractivity contribution in [1.82, 2.24) is 14.8 Å². The molecule has 0 saturated heterocycles. The largest absolute Gasteiger partial charge is 0.482 e. The summed E-state index contributed by atoms with van der Waals surface area (Å²) in [6.45, 7) is 1.96. The molecule has 1 atom stereocenters. The number of benzene rings is 1. The van der Waals surface area contributed by atoms with E-state index in [2.05, 4.69) is 20.8 Å². The number of rotatable bonds is 3. The van der Waals surface area contributed by atoms with Crippen molar-refractivity contribution in [2.24, 2.45) is 7.05 Å². The van der Waals surface area contributed by atoms with Crippen LogP contribution in [0.1, 0.15) is 18.8 Å². The van der Waals surface area contributed by atoms with Crippen LogP contribution in [0.3, 0.4) is 0 Å². The number of aryl methyl sites for hydroxylation is 1. The minimum atomic E-state index is -0.181. The van der Waals surface area contributed by atoms with Gasteiger partial charge in [0, 0.05) is 13.1 Å². The van der Waals surface area contributed by atoms with E-state index in [1.807, 2.05) is 18.5 Å². The number of ether oxygens (including phenoxy) is 1. The van der Waals surface area contributed by atoms with E-state index in [0.717, 1.165) is 5.82 Å². The highest BCUT2D eigenvalue weighted by Crippen LogP contribution is 2.36. The Bertz CT molecular complexity index is 696. The third-order valence-electron chi connectivity index (χ3n) is 3.29. The van der Waals surface area contributed by atoms with Crippen molar-refractivity contribution >= 4 is 23.0 Å². The van der Waals surface area contributed by atoms with Gasteiger partial charge in [0.1, 0.15) is 12.1 Å². The fraction of sp³-hybridized carbons (Fsp3) is 0.308. The van der Waals surface area contributed by atoms with E-state index < -0.39 is 0 Å². The number of carbonyl (C=O) groups excluding carboxylic acids is 1. The fourth-order valence-corrected chi connectivity index (χ4v) is 2.25. The lowest BCUT2D eigenvalue weighted by Gasteiger charge is -2.22. The molecule has 0 radical (unpaired) electrons. The van der Waals surface area contributed by atoms with Gasteiger partial charge in [0.2, 0.25) is 0 Å². The number of carbonyl (C=O) groups is 1. The van der Waals surface area contributed by atoms with E-state index >= 15 is 0 Å². The molecular formula is C13H16N6O2. The zero-order valence-electron chi connectivity index (χ0n) is 11.8. The first-order valence-electron chi connectivity index (χ1n) is 6.51. The minimum Gasteiger partial charge on any atom is -0.482 e. The number of nitrogens with one attached hydrogen (secondary N) is 2. The first-order chi connectivity index (χ1) is 10.0. The van der Waals surface area contributed by atoms with Crippen LogP contribution >= 0.6 is 0 Å². The average molecular weight is 288 g/mol. The van der Waals surface area contributed by atoms with Crippen LogP contribution in [0, 0.1) is 0 Å². The Morgan fingerprint density at radius 1 is 1.52 bits per heavy atom. The molecule has 2 heterocycles. The van der Waals surface area contributed by atoms with Crippen molar-refractivity contribution < 1.29 is 9.53 Å². The maximum atomic E-state index is 11.4. The van der Waals surface area contributed by atoms with Crippen molar-refractivity contribution in [3.63, 3.8) is 0 Å². The molecule has 1 aliphatic rings. The van der Waals surface area contributed by atoms with Crippen molar-refractivity contribution in [2.75, 3.05) is 23.0 Å². The Labute approximate surface area is 121 Å².